The SMILES string of the molecule is CC(=O)NC(c1ccc(COc2ccc(OCc3ccc4ccccc4n3)cc2)cc1)c1nn[nH]n1.CC(CCc1nn[nH]n1)Sc1ccc(COc2ccc(OCc3ccc4ccccc4n3)cc2)cc1. The molecule has 362 valence electrons. The number of rotatable bonds is 20. The number of para-hydroxylation sites is 2. The predicted octanol–water partition coefficient (Wildman–Crippen LogP) is 10.2. The third-order valence-corrected chi connectivity index (χ3v) is 12.4. The Morgan fingerprint density at radius 1 is 0.556 bits per heavy atom. The molecule has 0 spiro atoms. The fraction of sp³-hybridized carbons (Fsp3) is 0.182. The topological polar surface area (TPSA) is 201 Å². The molecule has 2 unspecified atom stereocenters. The molecular weight excluding hydrogens is 927 g/mol. The van der Waals surface area contributed by atoms with Gasteiger partial charge in [-0.05, 0) is 108 Å². The summed E-state index contributed by atoms with van der Waals surface area (Å²) in [5, 5.41) is 33.6. The molecule has 17 heteroatoms. The average Bonchev–Trinajstić information content (AvgIpc) is 4.17. The Morgan fingerprint density at radius 2 is 1.04 bits per heavy atom. The monoisotopic (exact) mass is 977 g/mol. The van der Waals surface area contributed by atoms with Gasteiger partial charge in [-0.25, -0.2) is 9.97 Å². The van der Waals surface area contributed by atoms with Crippen molar-refractivity contribution in [2.75, 3.05) is 0 Å². The zero-order valence-electron chi connectivity index (χ0n) is 39.6. The zero-order valence-corrected chi connectivity index (χ0v) is 40.4. The fourth-order valence-electron chi connectivity index (χ4n) is 7.46. The molecule has 0 fully saturated rings. The predicted molar refractivity (Wildman–Crippen MR) is 274 cm³/mol. The second kappa shape index (κ2) is 24.2. The Balaban J connectivity index is 0.000000178. The minimum Gasteiger partial charge on any atom is -0.489 e. The summed E-state index contributed by atoms with van der Waals surface area (Å²) in [7, 11) is 0. The Bertz CT molecular complexity index is 3260. The lowest BCUT2D eigenvalue weighted by molar-refractivity contribution is -0.119. The molecule has 3 N–H and O–H groups in total. The van der Waals surface area contributed by atoms with E-state index in [4.69, 9.17) is 18.9 Å². The highest BCUT2D eigenvalue weighted by atomic mass is 32.2. The van der Waals surface area contributed by atoms with E-state index in [2.05, 4.69) is 106 Å². The summed E-state index contributed by atoms with van der Waals surface area (Å²) in [6.07, 6.45) is 1.81. The first-order valence-electron chi connectivity index (χ1n) is 23.3. The van der Waals surface area contributed by atoms with Gasteiger partial charge in [-0.1, -0.05) is 102 Å². The number of ether oxygens (including phenoxy) is 4. The van der Waals surface area contributed by atoms with Crippen LogP contribution in [0.15, 0.2) is 175 Å². The summed E-state index contributed by atoms with van der Waals surface area (Å²) in [4.78, 5) is 22.1. The molecule has 10 aromatic rings. The van der Waals surface area contributed by atoms with E-state index in [1.54, 1.807) is 0 Å². The van der Waals surface area contributed by atoms with E-state index >= 15 is 0 Å². The number of pyridine rings is 2. The zero-order chi connectivity index (χ0) is 49.3. The van der Waals surface area contributed by atoms with Gasteiger partial charge in [-0.2, -0.15) is 10.4 Å². The third-order valence-electron chi connectivity index (χ3n) is 11.2. The minimum absolute atomic E-state index is 0.182. The molecule has 0 saturated carbocycles. The van der Waals surface area contributed by atoms with Gasteiger partial charge in [0.1, 0.15) is 55.5 Å². The largest absolute Gasteiger partial charge is 0.489 e. The van der Waals surface area contributed by atoms with Gasteiger partial charge in [0.05, 0.1) is 22.4 Å². The number of carbonyl (C=O) groups excluding carboxylic acids is 1. The van der Waals surface area contributed by atoms with Crippen molar-refractivity contribution in [2.24, 2.45) is 0 Å². The summed E-state index contributed by atoms with van der Waals surface area (Å²) in [5.41, 5.74) is 6.66. The summed E-state index contributed by atoms with van der Waals surface area (Å²) in [6.45, 7) is 5.39. The van der Waals surface area contributed by atoms with E-state index in [1.165, 1.54) is 11.8 Å². The number of nitrogens with zero attached hydrogens (tertiary/aromatic N) is 8. The van der Waals surface area contributed by atoms with Gasteiger partial charge in [-0.3, -0.25) is 4.79 Å². The number of tetrazole rings is 2. The van der Waals surface area contributed by atoms with Gasteiger partial charge in [0, 0.05) is 34.3 Å². The van der Waals surface area contributed by atoms with Crippen LogP contribution in [0.3, 0.4) is 0 Å². The molecule has 72 heavy (non-hydrogen) atoms. The Hall–Kier alpha value is -8.70. The van der Waals surface area contributed by atoms with Crippen molar-refractivity contribution in [1.82, 2.24) is 56.5 Å². The third kappa shape index (κ3) is 14.0. The normalized spacial score (nSPS) is 11.8. The first kappa shape index (κ1) is 48.3. The maximum Gasteiger partial charge on any atom is 0.217 e. The number of aromatic nitrogens is 10. The summed E-state index contributed by atoms with van der Waals surface area (Å²) in [6, 6.07) is 55.1. The second-order valence-electron chi connectivity index (χ2n) is 16.7. The quantitative estimate of drug-likeness (QED) is 0.0609. The number of carbonyl (C=O) groups is 1. The Morgan fingerprint density at radius 3 is 1.53 bits per heavy atom. The summed E-state index contributed by atoms with van der Waals surface area (Å²) in [5.74, 6) is 4.04. The van der Waals surface area contributed by atoms with Crippen molar-refractivity contribution >= 4 is 39.5 Å². The molecule has 4 aromatic heterocycles. The number of hydrogen-bond donors (Lipinski definition) is 3. The standard InChI is InChI=1S/C28H27N5O2S.C27H24N6O3/c1-20(6-17-28-30-32-33-31-28)36-26-15-7-21(8-16-26)18-34-24-11-13-25(14-12-24)35-19-23-10-9-22-4-2-3-5-27(22)29-23;1-18(34)28-26(27-30-32-33-31-27)21-8-6-19(7-9-21)16-35-23-12-14-24(15-13-23)36-17-22-11-10-20-4-2-3-5-25(20)29-22/h2-5,7-16,20H,6,17-19H2,1H3,(H,30,31,32,33);2-15,26H,16-17H2,1H3,(H,28,34)(H,30,31,32,33). The lowest BCUT2D eigenvalue weighted by Crippen LogP contribution is -2.27. The van der Waals surface area contributed by atoms with Crippen molar-refractivity contribution in [3.05, 3.63) is 210 Å². The van der Waals surface area contributed by atoms with Crippen LogP contribution in [0.25, 0.3) is 21.8 Å². The number of amides is 1. The second-order valence-corrected chi connectivity index (χ2v) is 18.2. The molecule has 2 atom stereocenters. The number of aryl methyl sites for hydroxylation is 1. The van der Waals surface area contributed by atoms with Gasteiger partial charge in [0.15, 0.2) is 5.82 Å². The molecule has 16 nitrogen and oxygen atoms in total. The Kier molecular flexibility index (Phi) is 16.3. The molecule has 0 aliphatic carbocycles. The molecule has 6 aromatic carbocycles. The lowest BCUT2D eigenvalue weighted by Gasteiger charge is -2.15. The first-order valence-corrected chi connectivity index (χ1v) is 24.2. The molecule has 10 rings (SSSR count). The summed E-state index contributed by atoms with van der Waals surface area (Å²) < 4.78 is 23.7. The number of benzene rings is 6. The minimum atomic E-state index is -0.478. The highest BCUT2D eigenvalue weighted by Gasteiger charge is 2.19. The molecule has 4 heterocycles. The van der Waals surface area contributed by atoms with Crippen molar-refractivity contribution < 1.29 is 23.7 Å². The van der Waals surface area contributed by atoms with Crippen LogP contribution in [0.2, 0.25) is 0 Å². The van der Waals surface area contributed by atoms with Crippen LogP contribution < -0.4 is 24.3 Å². The summed E-state index contributed by atoms with van der Waals surface area (Å²) >= 11 is 1.85. The highest BCUT2D eigenvalue weighted by molar-refractivity contribution is 7.99. The van der Waals surface area contributed by atoms with Crippen LogP contribution in [-0.4, -0.2) is 62.4 Å². The van der Waals surface area contributed by atoms with Gasteiger partial charge >= 0.3 is 0 Å². The molecule has 0 bridgehead atoms. The maximum absolute atomic E-state index is 11.6. The molecule has 0 saturated heterocycles. The van der Waals surface area contributed by atoms with Gasteiger partial charge in [0.2, 0.25) is 11.7 Å². The maximum atomic E-state index is 11.6. The van der Waals surface area contributed by atoms with Gasteiger partial charge in [0.25, 0.3) is 0 Å². The van der Waals surface area contributed by atoms with Crippen LogP contribution in [0.1, 0.15) is 66.0 Å². The van der Waals surface area contributed by atoms with E-state index in [9.17, 15) is 4.79 Å². The van der Waals surface area contributed by atoms with E-state index in [-0.39, 0.29) is 5.91 Å². The smallest absolute Gasteiger partial charge is 0.217 e. The Labute approximate surface area is 419 Å². The van der Waals surface area contributed by atoms with Crippen LogP contribution in [-0.2, 0) is 37.6 Å². The average molecular weight is 978 g/mol. The molecule has 1 amide bonds. The number of nitrogens with one attached hydrogen (secondary N) is 3. The van der Waals surface area contributed by atoms with Crippen LogP contribution in [0, 0.1) is 0 Å². The lowest BCUT2D eigenvalue weighted by atomic mass is 10.0. The first-order chi connectivity index (χ1) is 35.3. The fourth-order valence-corrected chi connectivity index (χ4v) is 8.46. The number of hydrogen-bond acceptors (Lipinski definition) is 14. The number of H-pyrrole nitrogens is 2. The van der Waals surface area contributed by atoms with Crippen molar-refractivity contribution in [3.8, 4) is 23.0 Å². The molecule has 0 aliphatic heterocycles. The number of fused-ring (bicyclic) bond motifs is 2. The van der Waals surface area contributed by atoms with Gasteiger partial charge in [-0.15, -0.1) is 32.2 Å². The van der Waals surface area contributed by atoms with Crippen molar-refractivity contribution in [1.29, 1.82) is 0 Å². The van der Waals surface area contributed by atoms with Crippen molar-refractivity contribution in [3.63, 3.8) is 0 Å². The van der Waals surface area contributed by atoms with Crippen LogP contribution in [0.5, 0.6) is 23.0 Å². The van der Waals surface area contributed by atoms with E-state index in [1.807, 2.05) is 139 Å². The molecular formula is C55H51N11O5S. The van der Waals surface area contributed by atoms with E-state index in [0.29, 0.717) is 37.5 Å². The van der Waals surface area contributed by atoms with Gasteiger partial charge < -0.3 is 24.3 Å². The number of aromatic amines is 2. The highest BCUT2D eigenvalue weighted by Crippen LogP contribution is 2.28. The molecule has 0 aliphatic rings. The van der Waals surface area contributed by atoms with Crippen LogP contribution in [0.4, 0.5) is 0 Å². The number of thioether (sulfide) groups is 1. The van der Waals surface area contributed by atoms with Crippen molar-refractivity contribution in [2.45, 2.75) is 69.3 Å². The molecule has 0 radical (unpaired) electrons. The van der Waals surface area contributed by atoms with E-state index in [0.717, 1.165) is 91.5 Å². The van der Waals surface area contributed by atoms with Crippen LogP contribution >= 0.6 is 11.8 Å². The van der Waals surface area contributed by atoms with E-state index < -0.39 is 6.04 Å².